The maximum Gasteiger partial charge on any atom is 0.313 e. The van der Waals surface area contributed by atoms with Crippen LogP contribution in [-0.2, 0) is 19.6 Å². The van der Waals surface area contributed by atoms with Crippen LogP contribution in [0.2, 0.25) is 0 Å². The number of aliphatic hydroxyl groups is 4. The molecule has 0 fully saturated rings. The Morgan fingerprint density at radius 1 is 1.25 bits per heavy atom. The molecular weight excluding hydrogens is 296 g/mol. The molecule has 20 heavy (non-hydrogen) atoms. The predicted molar refractivity (Wildman–Crippen MR) is 68.0 cm³/mol. The minimum absolute atomic E-state index is 0.144. The van der Waals surface area contributed by atoms with Crippen LogP contribution in [0.25, 0.3) is 0 Å². The fraction of sp³-hybridized carbons (Fsp3) is 0.900. The third kappa shape index (κ3) is 13.6. The van der Waals surface area contributed by atoms with Crippen LogP contribution < -0.4 is 0 Å². The van der Waals surface area contributed by atoms with Crippen molar-refractivity contribution in [3.05, 3.63) is 0 Å². The molecule has 0 aliphatic heterocycles. The van der Waals surface area contributed by atoms with Gasteiger partial charge in [0.05, 0.1) is 6.61 Å². The lowest BCUT2D eigenvalue weighted by molar-refractivity contribution is -0.229. The molecule has 0 aliphatic carbocycles. The first-order valence-electron chi connectivity index (χ1n) is 5.92. The SMILES string of the molecule is CCCCC(=O)OC(O)O.O=S(=O)(O)C(CO)CCO. The molecule has 0 heterocycles. The fourth-order valence-electron chi connectivity index (χ4n) is 0.976. The van der Waals surface area contributed by atoms with Crippen molar-refractivity contribution in [1.82, 2.24) is 0 Å². The lowest BCUT2D eigenvalue weighted by Crippen LogP contribution is -2.25. The molecule has 5 N–H and O–H groups in total. The number of unbranched alkanes of at least 4 members (excludes halogenated alkanes) is 1. The van der Waals surface area contributed by atoms with E-state index in [9.17, 15) is 13.2 Å². The number of esters is 1. The minimum atomic E-state index is -4.19. The molecule has 0 rings (SSSR count). The van der Waals surface area contributed by atoms with Crippen LogP contribution in [0, 0.1) is 0 Å². The Kier molecular flexibility index (Phi) is 12.9. The van der Waals surface area contributed by atoms with Crippen LogP contribution in [0.3, 0.4) is 0 Å². The third-order valence-corrected chi connectivity index (χ3v) is 3.27. The van der Waals surface area contributed by atoms with Crippen molar-refractivity contribution in [2.75, 3.05) is 13.2 Å². The smallest absolute Gasteiger partial charge is 0.313 e. The maximum atomic E-state index is 10.5. The van der Waals surface area contributed by atoms with E-state index in [1.54, 1.807) is 0 Å². The van der Waals surface area contributed by atoms with Gasteiger partial charge in [0.2, 0.25) is 0 Å². The number of rotatable bonds is 8. The van der Waals surface area contributed by atoms with Crippen molar-refractivity contribution in [2.24, 2.45) is 0 Å². The highest BCUT2D eigenvalue weighted by atomic mass is 32.2. The highest BCUT2D eigenvalue weighted by Crippen LogP contribution is 2.01. The van der Waals surface area contributed by atoms with Crippen molar-refractivity contribution < 1.29 is 42.9 Å². The zero-order valence-electron chi connectivity index (χ0n) is 11.2. The van der Waals surface area contributed by atoms with E-state index in [0.29, 0.717) is 6.42 Å². The second-order valence-corrected chi connectivity index (χ2v) is 5.45. The Bertz CT molecular complexity index is 339. The predicted octanol–water partition coefficient (Wildman–Crippen LogP) is -1.39. The number of carbonyl (C=O) groups is 1. The molecule has 0 amide bonds. The van der Waals surface area contributed by atoms with Crippen molar-refractivity contribution >= 4 is 16.1 Å². The summed E-state index contributed by atoms with van der Waals surface area (Å²) in [6, 6.07) is 0. The van der Waals surface area contributed by atoms with Gasteiger partial charge < -0.3 is 25.2 Å². The van der Waals surface area contributed by atoms with Crippen molar-refractivity contribution in [2.45, 2.75) is 44.3 Å². The van der Waals surface area contributed by atoms with Gasteiger partial charge in [-0.25, -0.2) is 0 Å². The maximum absolute atomic E-state index is 10.5. The highest BCUT2D eigenvalue weighted by molar-refractivity contribution is 7.86. The van der Waals surface area contributed by atoms with E-state index in [1.807, 2.05) is 6.92 Å². The fourth-order valence-corrected chi connectivity index (χ4v) is 1.57. The third-order valence-electron chi connectivity index (χ3n) is 2.05. The van der Waals surface area contributed by atoms with Gasteiger partial charge in [-0.2, -0.15) is 8.42 Å². The molecule has 0 aliphatic rings. The van der Waals surface area contributed by atoms with Gasteiger partial charge in [0.15, 0.2) is 0 Å². The first-order valence-corrected chi connectivity index (χ1v) is 7.42. The largest absolute Gasteiger partial charge is 0.411 e. The second kappa shape index (κ2) is 12.0. The number of carbonyl (C=O) groups excluding carboxylic acids is 1. The van der Waals surface area contributed by atoms with Gasteiger partial charge in [-0.15, -0.1) is 0 Å². The molecule has 0 radical (unpaired) electrons. The van der Waals surface area contributed by atoms with E-state index in [4.69, 9.17) is 25.0 Å². The molecular formula is C10H22O9S. The Balaban J connectivity index is 0. The van der Waals surface area contributed by atoms with Gasteiger partial charge >= 0.3 is 12.4 Å². The van der Waals surface area contributed by atoms with Gasteiger partial charge in [-0.05, 0) is 12.8 Å². The molecule has 122 valence electrons. The summed E-state index contributed by atoms with van der Waals surface area (Å²) < 4.78 is 32.8. The van der Waals surface area contributed by atoms with Crippen LogP contribution in [0.15, 0.2) is 0 Å². The van der Waals surface area contributed by atoms with E-state index in [0.717, 1.165) is 6.42 Å². The van der Waals surface area contributed by atoms with Gasteiger partial charge in [0, 0.05) is 13.0 Å². The molecule has 1 atom stereocenters. The summed E-state index contributed by atoms with van der Waals surface area (Å²) in [4.78, 5) is 10.5. The molecule has 0 aromatic carbocycles. The zero-order valence-corrected chi connectivity index (χ0v) is 12.0. The normalized spacial score (nSPS) is 12.6. The van der Waals surface area contributed by atoms with E-state index in [-0.39, 0.29) is 19.4 Å². The molecule has 9 nitrogen and oxygen atoms in total. The number of hydrogen-bond donors (Lipinski definition) is 5. The molecule has 10 heteroatoms. The Morgan fingerprint density at radius 2 is 1.80 bits per heavy atom. The van der Waals surface area contributed by atoms with Crippen molar-refractivity contribution in [3.63, 3.8) is 0 Å². The standard InChI is InChI=1S/C6H12O4.C4H10O5S/c1-2-3-4-5(7)10-6(8)9;5-2-1-4(3-6)10(7,8)9/h6,8-9H,2-4H2,1H3;4-6H,1-3H2,(H,7,8,9). The first kappa shape index (κ1) is 21.5. The average Bonchev–Trinajstić information content (AvgIpc) is 2.32. The molecule has 0 saturated heterocycles. The summed E-state index contributed by atoms with van der Waals surface area (Å²) in [7, 11) is -4.19. The molecule has 0 aromatic rings. The van der Waals surface area contributed by atoms with Gasteiger partial charge in [0.1, 0.15) is 5.25 Å². The summed E-state index contributed by atoms with van der Waals surface area (Å²) in [5, 5.41) is 31.6. The molecule has 0 spiro atoms. The van der Waals surface area contributed by atoms with Crippen molar-refractivity contribution in [1.29, 1.82) is 0 Å². The molecule has 0 aromatic heterocycles. The first-order chi connectivity index (χ1) is 9.18. The molecule has 1 unspecified atom stereocenters. The molecule has 0 bridgehead atoms. The van der Waals surface area contributed by atoms with Gasteiger partial charge in [-0.1, -0.05) is 13.3 Å². The van der Waals surface area contributed by atoms with Crippen LogP contribution in [0.1, 0.15) is 32.6 Å². The summed E-state index contributed by atoms with van der Waals surface area (Å²) in [6.45, 7) is -1.07. The second-order valence-electron chi connectivity index (χ2n) is 3.75. The van der Waals surface area contributed by atoms with E-state index < -0.39 is 34.4 Å². The minimum Gasteiger partial charge on any atom is -0.411 e. The lowest BCUT2D eigenvalue weighted by atomic mass is 10.3. The quantitative estimate of drug-likeness (QED) is 0.206. The monoisotopic (exact) mass is 318 g/mol. The Hall–Kier alpha value is -0.780. The Morgan fingerprint density at radius 3 is 2.05 bits per heavy atom. The summed E-state index contributed by atoms with van der Waals surface area (Å²) in [5.41, 5.74) is 0. The number of ether oxygens (including phenoxy) is 1. The Labute approximate surface area is 117 Å². The van der Waals surface area contributed by atoms with Crippen LogP contribution in [0.5, 0.6) is 0 Å². The summed E-state index contributed by atoms with van der Waals surface area (Å²) in [6.07, 6.45) is 1.70. The van der Waals surface area contributed by atoms with Crippen LogP contribution in [-0.4, -0.2) is 64.3 Å². The van der Waals surface area contributed by atoms with Crippen LogP contribution >= 0.6 is 0 Å². The number of aliphatic hydroxyl groups excluding tert-OH is 3. The van der Waals surface area contributed by atoms with E-state index in [1.165, 1.54) is 0 Å². The van der Waals surface area contributed by atoms with Crippen LogP contribution in [0.4, 0.5) is 0 Å². The topological polar surface area (TPSA) is 162 Å². The van der Waals surface area contributed by atoms with E-state index in [2.05, 4.69) is 4.74 Å². The molecule has 0 saturated carbocycles. The lowest BCUT2D eigenvalue weighted by Gasteiger charge is -2.06. The highest BCUT2D eigenvalue weighted by Gasteiger charge is 2.20. The number of hydrogen-bond acceptors (Lipinski definition) is 8. The summed E-state index contributed by atoms with van der Waals surface area (Å²) in [5.74, 6) is -0.572. The average molecular weight is 318 g/mol. The van der Waals surface area contributed by atoms with Crippen molar-refractivity contribution in [3.8, 4) is 0 Å². The van der Waals surface area contributed by atoms with Gasteiger partial charge in [-0.3, -0.25) is 9.35 Å². The van der Waals surface area contributed by atoms with Gasteiger partial charge in [0.25, 0.3) is 10.1 Å². The zero-order chi connectivity index (χ0) is 16.2. The summed E-state index contributed by atoms with van der Waals surface area (Å²) >= 11 is 0. The van der Waals surface area contributed by atoms with E-state index >= 15 is 0 Å².